The van der Waals surface area contributed by atoms with E-state index in [2.05, 4.69) is 32.2 Å². The molecule has 0 saturated carbocycles. The van der Waals surface area contributed by atoms with Gasteiger partial charge in [0.2, 0.25) is 0 Å². The average Bonchev–Trinajstić information content (AvgIpc) is 2.34. The molecule has 0 amide bonds. The highest BCUT2D eigenvalue weighted by atomic mass is 32.1. The van der Waals surface area contributed by atoms with Crippen LogP contribution in [-0.4, -0.2) is 16.1 Å². The van der Waals surface area contributed by atoms with E-state index in [1.165, 1.54) is 0 Å². The largest absolute Gasteiger partial charge is 0.381 e. The molecule has 0 atom stereocenters. The first-order valence-electron chi connectivity index (χ1n) is 2.31. The first-order valence-corrected chi connectivity index (χ1v) is 2.71. The first-order chi connectivity index (χ1) is 4.75. The van der Waals surface area contributed by atoms with E-state index in [-0.39, 0.29) is 17.3 Å². The van der Waals surface area contributed by atoms with Gasteiger partial charge in [-0.25, -0.2) is 4.63 Å². The van der Waals surface area contributed by atoms with E-state index < -0.39 is 0 Å². The average molecular weight is 159 g/mol. The maximum Gasteiger partial charge on any atom is 0.199 e. The molecule has 0 aliphatic carbocycles. The molecule has 0 saturated heterocycles. The Kier molecular flexibility index (Phi) is 1.76. The van der Waals surface area contributed by atoms with Gasteiger partial charge in [-0.05, 0) is 23.1 Å². The second-order valence-corrected chi connectivity index (χ2v) is 1.68. The van der Waals surface area contributed by atoms with E-state index in [9.17, 15) is 0 Å². The predicted molar refractivity (Wildman–Crippen MR) is 38.4 cm³/mol. The number of hydrogen-bond donors (Lipinski definition) is 3. The van der Waals surface area contributed by atoms with Crippen molar-refractivity contribution in [3.05, 3.63) is 5.69 Å². The molecule has 0 aliphatic heterocycles. The molecular weight excluding hydrogens is 154 g/mol. The van der Waals surface area contributed by atoms with Crippen LogP contribution >= 0.6 is 12.8 Å². The summed E-state index contributed by atoms with van der Waals surface area (Å²) in [5, 5.41) is 6.65. The van der Waals surface area contributed by atoms with Gasteiger partial charge in [-0.15, -0.1) is 0 Å². The number of amidine groups is 1. The Hall–Kier alpha value is -1.24. The van der Waals surface area contributed by atoms with E-state index >= 15 is 0 Å². The normalized spacial score (nSPS) is 11.9. The molecule has 54 valence electrons. The van der Waals surface area contributed by atoms with Crippen molar-refractivity contribution in [3.63, 3.8) is 0 Å². The van der Waals surface area contributed by atoms with Crippen LogP contribution in [-0.2, 0) is 0 Å². The number of nitrogens with zero attached hydrogens (tertiary/aromatic N) is 3. The van der Waals surface area contributed by atoms with Crippen molar-refractivity contribution in [2.45, 2.75) is 0 Å². The van der Waals surface area contributed by atoms with Crippen LogP contribution in [0.15, 0.2) is 9.03 Å². The fraction of sp³-hybridized carbons (Fsp3) is 0. The molecule has 6 nitrogen and oxygen atoms in total. The van der Waals surface area contributed by atoms with Crippen LogP contribution in [0.5, 0.6) is 0 Å². The summed E-state index contributed by atoms with van der Waals surface area (Å²) in [7, 11) is 0. The summed E-state index contributed by atoms with van der Waals surface area (Å²) in [6, 6.07) is 0. The highest BCUT2D eigenvalue weighted by molar-refractivity contribution is 7.79. The van der Waals surface area contributed by atoms with E-state index in [4.69, 9.17) is 11.5 Å². The third kappa shape index (κ3) is 1.03. The number of rotatable bonds is 1. The second-order valence-electron chi connectivity index (χ2n) is 1.48. The molecule has 10 heavy (non-hydrogen) atoms. The van der Waals surface area contributed by atoms with Crippen LogP contribution in [0.25, 0.3) is 0 Å². The Morgan fingerprint density at radius 1 is 1.60 bits per heavy atom. The molecule has 1 rings (SSSR count). The number of anilines is 1. The minimum Gasteiger partial charge on any atom is -0.381 e. The SMILES string of the molecule is NC(=NS)c1nonc1N. The molecule has 0 aromatic carbocycles. The summed E-state index contributed by atoms with van der Waals surface area (Å²) < 4.78 is 7.59. The van der Waals surface area contributed by atoms with Gasteiger partial charge in [0.15, 0.2) is 17.3 Å². The maximum atomic E-state index is 5.27. The number of nitrogen functional groups attached to an aromatic ring is 1. The van der Waals surface area contributed by atoms with Crippen LogP contribution in [0.1, 0.15) is 5.69 Å². The van der Waals surface area contributed by atoms with Gasteiger partial charge in [-0.3, -0.25) is 0 Å². The fourth-order valence-corrected chi connectivity index (χ4v) is 0.515. The number of hydrogen-bond acceptors (Lipinski definition) is 6. The molecule has 1 heterocycles. The standard InChI is InChI=1S/C3H5N5OS/c4-2-1(3(5)8-10)6-9-7-2/h10H,(H2,4,7)(H2,5,8). The summed E-state index contributed by atoms with van der Waals surface area (Å²) in [6.45, 7) is 0. The Balaban J connectivity index is 3.05. The Morgan fingerprint density at radius 3 is 2.70 bits per heavy atom. The smallest absolute Gasteiger partial charge is 0.199 e. The lowest BCUT2D eigenvalue weighted by Gasteiger charge is -1.88. The highest BCUT2D eigenvalue weighted by Crippen LogP contribution is 2.02. The van der Waals surface area contributed by atoms with Gasteiger partial charge in [0, 0.05) is 0 Å². The highest BCUT2D eigenvalue weighted by Gasteiger charge is 2.08. The fourth-order valence-electron chi connectivity index (χ4n) is 0.421. The third-order valence-corrected chi connectivity index (χ3v) is 1.08. The quantitative estimate of drug-likeness (QED) is 0.283. The minimum atomic E-state index is 0.0853. The zero-order chi connectivity index (χ0) is 7.56. The molecule has 0 radical (unpaired) electrons. The van der Waals surface area contributed by atoms with Crippen LogP contribution < -0.4 is 11.5 Å². The zero-order valence-corrected chi connectivity index (χ0v) is 5.75. The van der Waals surface area contributed by atoms with Gasteiger partial charge in [0.1, 0.15) is 0 Å². The van der Waals surface area contributed by atoms with Crippen molar-refractivity contribution < 1.29 is 4.63 Å². The van der Waals surface area contributed by atoms with Gasteiger partial charge >= 0.3 is 0 Å². The number of nitrogens with two attached hydrogens (primary N) is 2. The van der Waals surface area contributed by atoms with Gasteiger partial charge in [-0.1, -0.05) is 0 Å². The summed E-state index contributed by atoms with van der Waals surface area (Å²) in [4.78, 5) is 0. The lowest BCUT2D eigenvalue weighted by atomic mass is 10.4. The van der Waals surface area contributed by atoms with Gasteiger partial charge in [-0.2, -0.15) is 4.40 Å². The second kappa shape index (κ2) is 2.56. The Labute approximate surface area is 61.8 Å². The van der Waals surface area contributed by atoms with E-state index in [0.717, 1.165) is 0 Å². The van der Waals surface area contributed by atoms with Gasteiger partial charge in [0.25, 0.3) is 0 Å². The predicted octanol–water partition coefficient (Wildman–Crippen LogP) is -0.798. The molecule has 7 heteroatoms. The van der Waals surface area contributed by atoms with Crippen molar-refractivity contribution >= 4 is 24.5 Å². The first kappa shape index (κ1) is 6.87. The molecule has 0 aliphatic rings. The maximum absolute atomic E-state index is 5.27. The van der Waals surface area contributed by atoms with Crippen LogP contribution in [0.3, 0.4) is 0 Å². The van der Waals surface area contributed by atoms with Gasteiger partial charge < -0.3 is 11.5 Å². The summed E-state index contributed by atoms with van der Waals surface area (Å²) in [5.74, 6) is 0.192. The van der Waals surface area contributed by atoms with Crippen LogP contribution in [0.2, 0.25) is 0 Å². The number of aromatic nitrogens is 2. The minimum absolute atomic E-state index is 0.0853. The van der Waals surface area contributed by atoms with Crippen molar-refractivity contribution in [2.75, 3.05) is 5.73 Å². The molecule has 0 fully saturated rings. The van der Waals surface area contributed by atoms with Crippen LogP contribution in [0, 0.1) is 0 Å². The summed E-state index contributed by atoms with van der Waals surface area (Å²) in [5.41, 5.74) is 10.7. The molecule has 0 unspecified atom stereocenters. The van der Waals surface area contributed by atoms with E-state index in [1.54, 1.807) is 0 Å². The molecule has 0 spiro atoms. The van der Waals surface area contributed by atoms with E-state index in [1.807, 2.05) is 0 Å². The zero-order valence-electron chi connectivity index (χ0n) is 4.85. The van der Waals surface area contributed by atoms with Crippen molar-refractivity contribution in [1.29, 1.82) is 0 Å². The Bertz CT molecular complexity index is 255. The van der Waals surface area contributed by atoms with Crippen LogP contribution in [0.4, 0.5) is 5.82 Å². The lowest BCUT2D eigenvalue weighted by Crippen LogP contribution is -2.14. The third-order valence-electron chi connectivity index (χ3n) is 0.864. The monoisotopic (exact) mass is 159 g/mol. The Morgan fingerprint density at radius 2 is 2.30 bits per heavy atom. The summed E-state index contributed by atoms with van der Waals surface area (Å²) in [6.07, 6.45) is 0. The number of thiol groups is 1. The lowest BCUT2D eigenvalue weighted by molar-refractivity contribution is 0.308. The van der Waals surface area contributed by atoms with Crippen molar-refractivity contribution in [1.82, 2.24) is 10.3 Å². The molecular formula is C3H5N5OS. The van der Waals surface area contributed by atoms with Crippen molar-refractivity contribution in [3.8, 4) is 0 Å². The molecule has 0 bridgehead atoms. The molecule has 1 aromatic heterocycles. The molecule has 4 N–H and O–H groups in total. The summed E-state index contributed by atoms with van der Waals surface area (Å²) >= 11 is 3.55. The van der Waals surface area contributed by atoms with Gasteiger partial charge in [0.05, 0.1) is 0 Å². The van der Waals surface area contributed by atoms with Crippen molar-refractivity contribution in [2.24, 2.45) is 10.1 Å². The topological polar surface area (TPSA) is 103 Å². The van der Waals surface area contributed by atoms with E-state index in [0.29, 0.717) is 0 Å². The molecule has 1 aromatic rings.